The number of carboxylic acids is 1. The van der Waals surface area contributed by atoms with Crippen molar-refractivity contribution in [3.8, 4) is 0 Å². The van der Waals surface area contributed by atoms with Crippen LogP contribution in [0.4, 0.5) is 4.39 Å². The smallest absolute Gasteiger partial charge is 0.308 e. The van der Waals surface area contributed by atoms with Gasteiger partial charge in [0.15, 0.2) is 0 Å². The van der Waals surface area contributed by atoms with Crippen molar-refractivity contribution in [3.63, 3.8) is 0 Å². The third-order valence-corrected chi connectivity index (χ3v) is 3.40. The lowest BCUT2D eigenvalue weighted by atomic mass is 9.84. The average molecular weight is 266 g/mol. The molecule has 0 bridgehead atoms. The lowest BCUT2D eigenvalue weighted by Gasteiger charge is -2.29. The molecule has 1 heterocycles. The molecule has 1 aliphatic carbocycles. The minimum absolute atomic E-state index is 0.155. The summed E-state index contributed by atoms with van der Waals surface area (Å²) in [5, 5.41) is 11.7. The number of rotatable bonds is 3. The van der Waals surface area contributed by atoms with Gasteiger partial charge in [0.2, 0.25) is 5.95 Å². The standard InChI is InChI=1S/C13H15FN2O3/c14-11-9(5-3-7-15-11)12(17)16-10-6-2-1-4-8(10)13(18)19/h3,5,7-8,10H,1-2,4,6H2,(H,16,17)(H,18,19). The van der Waals surface area contributed by atoms with Gasteiger partial charge in [-0.3, -0.25) is 9.59 Å². The van der Waals surface area contributed by atoms with E-state index < -0.39 is 29.8 Å². The Bertz CT molecular complexity index is 493. The fourth-order valence-electron chi connectivity index (χ4n) is 2.40. The van der Waals surface area contributed by atoms with Crippen molar-refractivity contribution in [1.29, 1.82) is 0 Å². The van der Waals surface area contributed by atoms with Gasteiger partial charge in [-0.15, -0.1) is 0 Å². The predicted molar refractivity (Wildman–Crippen MR) is 65.0 cm³/mol. The number of aliphatic carboxylic acids is 1. The molecule has 1 aromatic rings. The van der Waals surface area contributed by atoms with E-state index >= 15 is 0 Å². The third kappa shape index (κ3) is 3.07. The Kier molecular flexibility index (Phi) is 4.09. The van der Waals surface area contributed by atoms with Crippen LogP contribution in [0.2, 0.25) is 0 Å². The van der Waals surface area contributed by atoms with Gasteiger partial charge >= 0.3 is 5.97 Å². The zero-order valence-corrected chi connectivity index (χ0v) is 10.3. The highest BCUT2D eigenvalue weighted by Crippen LogP contribution is 2.25. The van der Waals surface area contributed by atoms with E-state index in [1.807, 2.05) is 0 Å². The van der Waals surface area contributed by atoms with E-state index in [0.29, 0.717) is 12.8 Å². The van der Waals surface area contributed by atoms with Crippen LogP contribution in [0.1, 0.15) is 36.0 Å². The van der Waals surface area contributed by atoms with Crippen molar-refractivity contribution in [2.75, 3.05) is 0 Å². The topological polar surface area (TPSA) is 79.3 Å². The summed E-state index contributed by atoms with van der Waals surface area (Å²) in [6.45, 7) is 0. The first-order valence-electron chi connectivity index (χ1n) is 6.24. The number of carbonyl (C=O) groups excluding carboxylic acids is 1. The number of nitrogens with zero attached hydrogens (tertiary/aromatic N) is 1. The molecule has 1 aliphatic rings. The first-order chi connectivity index (χ1) is 9.09. The molecule has 19 heavy (non-hydrogen) atoms. The van der Waals surface area contributed by atoms with E-state index in [1.54, 1.807) is 0 Å². The van der Waals surface area contributed by atoms with E-state index in [1.165, 1.54) is 18.3 Å². The Balaban J connectivity index is 2.09. The van der Waals surface area contributed by atoms with Gasteiger partial charge in [0.05, 0.1) is 11.5 Å². The summed E-state index contributed by atoms with van der Waals surface area (Å²) < 4.78 is 13.4. The Morgan fingerprint density at radius 2 is 2.11 bits per heavy atom. The molecule has 0 aromatic carbocycles. The fraction of sp³-hybridized carbons (Fsp3) is 0.462. The molecule has 1 aromatic heterocycles. The quantitative estimate of drug-likeness (QED) is 0.814. The van der Waals surface area contributed by atoms with Gasteiger partial charge in [0.1, 0.15) is 0 Å². The molecule has 1 saturated carbocycles. The lowest BCUT2D eigenvalue weighted by molar-refractivity contribution is -0.143. The molecule has 5 nitrogen and oxygen atoms in total. The van der Waals surface area contributed by atoms with Crippen molar-refractivity contribution in [2.24, 2.45) is 5.92 Å². The van der Waals surface area contributed by atoms with Gasteiger partial charge in [-0.05, 0) is 25.0 Å². The summed E-state index contributed by atoms with van der Waals surface area (Å²) in [4.78, 5) is 26.4. The number of halogens is 1. The van der Waals surface area contributed by atoms with E-state index in [4.69, 9.17) is 5.11 Å². The van der Waals surface area contributed by atoms with Crippen molar-refractivity contribution in [1.82, 2.24) is 10.3 Å². The largest absolute Gasteiger partial charge is 0.481 e. The molecule has 0 spiro atoms. The second-order valence-electron chi connectivity index (χ2n) is 4.65. The summed E-state index contributed by atoms with van der Waals surface area (Å²) in [5.74, 6) is -2.97. The van der Waals surface area contributed by atoms with Gasteiger partial charge in [0.25, 0.3) is 5.91 Å². The highest BCUT2D eigenvalue weighted by Gasteiger charge is 2.32. The minimum Gasteiger partial charge on any atom is -0.481 e. The number of nitrogens with one attached hydrogen (secondary N) is 1. The monoisotopic (exact) mass is 266 g/mol. The molecule has 2 unspecified atom stereocenters. The number of hydrogen-bond acceptors (Lipinski definition) is 3. The number of pyridine rings is 1. The van der Waals surface area contributed by atoms with E-state index in [0.717, 1.165) is 12.8 Å². The van der Waals surface area contributed by atoms with E-state index in [9.17, 15) is 14.0 Å². The highest BCUT2D eigenvalue weighted by molar-refractivity contribution is 5.94. The van der Waals surface area contributed by atoms with Crippen molar-refractivity contribution < 1.29 is 19.1 Å². The van der Waals surface area contributed by atoms with Crippen LogP contribution in [-0.2, 0) is 4.79 Å². The van der Waals surface area contributed by atoms with Crippen molar-refractivity contribution in [2.45, 2.75) is 31.7 Å². The molecule has 102 valence electrons. The number of carbonyl (C=O) groups is 2. The van der Waals surface area contributed by atoms with Crippen LogP contribution in [0.15, 0.2) is 18.3 Å². The molecular formula is C13H15FN2O3. The summed E-state index contributed by atoms with van der Waals surface area (Å²) in [5.41, 5.74) is -0.155. The number of carboxylic acid groups (broad SMARTS) is 1. The van der Waals surface area contributed by atoms with Gasteiger partial charge in [-0.1, -0.05) is 12.8 Å². The summed E-state index contributed by atoms with van der Waals surface area (Å²) in [7, 11) is 0. The van der Waals surface area contributed by atoms with Crippen LogP contribution in [0.3, 0.4) is 0 Å². The molecule has 1 fully saturated rings. The van der Waals surface area contributed by atoms with E-state index in [-0.39, 0.29) is 5.56 Å². The third-order valence-electron chi connectivity index (χ3n) is 3.40. The number of aromatic nitrogens is 1. The van der Waals surface area contributed by atoms with Gasteiger partial charge < -0.3 is 10.4 Å². The number of hydrogen-bond donors (Lipinski definition) is 2. The summed E-state index contributed by atoms with van der Waals surface area (Å²) in [6, 6.07) is 2.35. The Morgan fingerprint density at radius 1 is 1.37 bits per heavy atom. The normalized spacial score (nSPS) is 22.8. The molecule has 0 saturated heterocycles. The second-order valence-corrected chi connectivity index (χ2v) is 4.65. The molecule has 6 heteroatoms. The molecular weight excluding hydrogens is 251 g/mol. The Labute approximate surface area is 109 Å². The highest BCUT2D eigenvalue weighted by atomic mass is 19.1. The minimum atomic E-state index is -0.920. The molecule has 2 rings (SSSR count). The van der Waals surface area contributed by atoms with Gasteiger partial charge in [-0.2, -0.15) is 4.39 Å². The van der Waals surface area contributed by atoms with Crippen molar-refractivity contribution in [3.05, 3.63) is 29.8 Å². The van der Waals surface area contributed by atoms with Crippen LogP contribution < -0.4 is 5.32 Å². The molecule has 2 N–H and O–H groups in total. The van der Waals surface area contributed by atoms with Crippen LogP contribution in [0.5, 0.6) is 0 Å². The van der Waals surface area contributed by atoms with Crippen molar-refractivity contribution >= 4 is 11.9 Å². The fourth-order valence-corrected chi connectivity index (χ4v) is 2.40. The lowest BCUT2D eigenvalue weighted by Crippen LogP contribution is -2.45. The van der Waals surface area contributed by atoms with Crippen LogP contribution in [0.25, 0.3) is 0 Å². The maximum atomic E-state index is 13.4. The maximum absolute atomic E-state index is 13.4. The van der Waals surface area contributed by atoms with Crippen LogP contribution in [0, 0.1) is 11.9 Å². The summed E-state index contributed by atoms with van der Waals surface area (Å²) >= 11 is 0. The summed E-state index contributed by atoms with van der Waals surface area (Å²) in [6.07, 6.45) is 4.10. The Hall–Kier alpha value is -1.98. The van der Waals surface area contributed by atoms with Gasteiger partial charge in [0, 0.05) is 12.2 Å². The Morgan fingerprint density at radius 3 is 2.79 bits per heavy atom. The zero-order valence-electron chi connectivity index (χ0n) is 10.3. The molecule has 0 radical (unpaired) electrons. The predicted octanol–water partition coefficient (Wildman–Crippen LogP) is 1.59. The van der Waals surface area contributed by atoms with Crippen LogP contribution >= 0.6 is 0 Å². The number of amides is 1. The van der Waals surface area contributed by atoms with E-state index in [2.05, 4.69) is 10.3 Å². The second kappa shape index (κ2) is 5.77. The molecule has 2 atom stereocenters. The van der Waals surface area contributed by atoms with Crippen LogP contribution in [-0.4, -0.2) is 28.0 Å². The molecule has 1 amide bonds. The zero-order chi connectivity index (χ0) is 13.8. The molecule has 0 aliphatic heterocycles. The van der Waals surface area contributed by atoms with Gasteiger partial charge in [-0.25, -0.2) is 4.98 Å². The maximum Gasteiger partial charge on any atom is 0.308 e. The SMILES string of the molecule is O=C(NC1CCCCC1C(=O)O)c1cccnc1F. The average Bonchev–Trinajstić information content (AvgIpc) is 2.39. The first-order valence-corrected chi connectivity index (χ1v) is 6.24. The first kappa shape index (κ1) is 13.5.